The van der Waals surface area contributed by atoms with Crippen LogP contribution in [-0.2, 0) is 35.8 Å². The van der Waals surface area contributed by atoms with E-state index >= 15 is 0 Å². The first kappa shape index (κ1) is 30.7. The molecule has 2 unspecified atom stereocenters. The molecule has 0 saturated heterocycles. The van der Waals surface area contributed by atoms with Gasteiger partial charge >= 0.3 is 5.97 Å². The van der Waals surface area contributed by atoms with Crippen molar-refractivity contribution in [3.05, 3.63) is 64.7 Å². The first-order valence-corrected chi connectivity index (χ1v) is 12.5. The Morgan fingerprint density at radius 2 is 1.50 bits per heavy atom. The van der Waals surface area contributed by atoms with Crippen molar-refractivity contribution in [2.75, 3.05) is 7.05 Å². The lowest BCUT2D eigenvalue weighted by Crippen LogP contribution is -2.64. The largest absolute Gasteiger partial charge is 0.508 e. The lowest BCUT2D eigenvalue weighted by atomic mass is 9.61. The molecule has 1 amide bonds. The number of phenolic OH excluding ortho intramolecular Hbond substituents is 1. The molecule has 9 nitrogen and oxygen atoms in total. The van der Waals surface area contributed by atoms with Crippen LogP contribution in [0.2, 0.25) is 0 Å². The second-order valence-corrected chi connectivity index (χ2v) is 10.6. The number of amides is 1. The minimum atomic E-state index is -2.37. The van der Waals surface area contributed by atoms with Gasteiger partial charge in [0.05, 0.1) is 12.1 Å². The number of rotatable bonds is 10. The van der Waals surface area contributed by atoms with Crippen LogP contribution in [0.15, 0.2) is 42.5 Å². The van der Waals surface area contributed by atoms with Crippen molar-refractivity contribution in [1.29, 1.82) is 0 Å². The summed E-state index contributed by atoms with van der Waals surface area (Å²) in [7, 11) is 1.30. The van der Waals surface area contributed by atoms with Crippen molar-refractivity contribution in [2.24, 2.45) is 17.4 Å². The fraction of sp³-hybridized carbons (Fsp3) is 0.448. The van der Waals surface area contributed by atoms with E-state index < -0.39 is 52.5 Å². The van der Waals surface area contributed by atoms with Crippen molar-refractivity contribution < 1.29 is 29.0 Å². The Morgan fingerprint density at radius 1 is 0.974 bits per heavy atom. The van der Waals surface area contributed by atoms with Gasteiger partial charge < -0.3 is 26.6 Å². The van der Waals surface area contributed by atoms with Crippen molar-refractivity contribution in [2.45, 2.75) is 71.1 Å². The van der Waals surface area contributed by atoms with Gasteiger partial charge in [-0.1, -0.05) is 30.3 Å². The molecule has 4 atom stereocenters. The Kier molecular flexibility index (Phi) is 9.58. The summed E-state index contributed by atoms with van der Waals surface area (Å²) in [6.07, 6.45) is -0.00756. The molecule has 0 aliphatic heterocycles. The highest BCUT2D eigenvalue weighted by Gasteiger charge is 2.61. The van der Waals surface area contributed by atoms with E-state index in [4.69, 9.17) is 16.2 Å². The summed E-state index contributed by atoms with van der Waals surface area (Å²) >= 11 is 0. The van der Waals surface area contributed by atoms with Gasteiger partial charge in [-0.25, -0.2) is 0 Å². The van der Waals surface area contributed by atoms with Crippen molar-refractivity contribution in [3.63, 3.8) is 0 Å². The van der Waals surface area contributed by atoms with Crippen LogP contribution in [0.4, 0.5) is 0 Å². The average Bonchev–Trinajstić information content (AvgIpc) is 2.82. The van der Waals surface area contributed by atoms with Gasteiger partial charge in [-0.2, -0.15) is 0 Å². The number of ketones is 2. The van der Waals surface area contributed by atoms with Crippen LogP contribution >= 0.6 is 0 Å². The Morgan fingerprint density at radius 3 is 1.95 bits per heavy atom. The van der Waals surface area contributed by atoms with Crippen LogP contribution in [0.1, 0.15) is 49.9 Å². The second-order valence-electron chi connectivity index (χ2n) is 10.6. The average molecular weight is 526 g/mol. The van der Waals surface area contributed by atoms with Gasteiger partial charge in [0, 0.05) is 7.05 Å². The number of nitrogens with two attached hydrogens (primary N) is 2. The fourth-order valence-electron chi connectivity index (χ4n) is 4.80. The number of esters is 1. The maximum Gasteiger partial charge on any atom is 0.320 e. The fourth-order valence-corrected chi connectivity index (χ4v) is 4.80. The lowest BCUT2D eigenvalue weighted by Gasteiger charge is -2.40. The third-order valence-corrected chi connectivity index (χ3v) is 6.45. The summed E-state index contributed by atoms with van der Waals surface area (Å²) in [6, 6.07) is 8.44. The zero-order chi connectivity index (χ0) is 29.0. The van der Waals surface area contributed by atoms with Crippen LogP contribution in [0.25, 0.3) is 0 Å². The highest BCUT2D eigenvalue weighted by atomic mass is 16.6. The third kappa shape index (κ3) is 6.28. The number of hydrogen-bond donors (Lipinski definition) is 4. The molecule has 0 fully saturated rings. The van der Waals surface area contributed by atoms with Crippen LogP contribution < -0.4 is 16.8 Å². The number of Topliss-reactive ketones (excluding diaryl/α,β-unsaturated/α-hetero) is 2. The molecule has 0 aromatic heterocycles. The minimum absolute atomic E-state index is 0.00756. The summed E-state index contributed by atoms with van der Waals surface area (Å²) in [5, 5.41) is 12.4. The number of phenols is 1. The summed E-state index contributed by atoms with van der Waals surface area (Å²) in [5.41, 5.74) is 11.4. The summed E-state index contributed by atoms with van der Waals surface area (Å²) in [4.78, 5) is 55.6. The molecule has 0 aliphatic carbocycles. The van der Waals surface area contributed by atoms with Gasteiger partial charge in [-0.3, -0.25) is 19.2 Å². The van der Waals surface area contributed by atoms with Crippen molar-refractivity contribution in [3.8, 4) is 5.75 Å². The Bertz CT molecular complexity index is 1180. The molecule has 2 aromatic rings. The minimum Gasteiger partial charge on any atom is -0.508 e. The molecule has 6 N–H and O–H groups in total. The van der Waals surface area contributed by atoms with E-state index in [2.05, 4.69) is 5.32 Å². The van der Waals surface area contributed by atoms with Gasteiger partial charge in [0.15, 0.2) is 17.5 Å². The van der Waals surface area contributed by atoms with Crippen LogP contribution in [0.3, 0.4) is 0 Å². The standard InChI is InChI=1S/C29H39N3O6/c1-16-13-20(33)14-17(2)21(16)15-22(31)25(35)29(24(34)18(3)30,19-11-9-8-10-12-19)23(26(36)32-7)27(37)38-28(4,5)6/h8-14,18,22-23,33H,15,30-31H2,1-7H3,(H,32,36)/t18-,22-,23?,29?/m1/s1. The highest BCUT2D eigenvalue weighted by Crippen LogP contribution is 2.39. The molecule has 2 rings (SSSR count). The predicted molar refractivity (Wildman–Crippen MR) is 144 cm³/mol. The Labute approximate surface area is 223 Å². The van der Waals surface area contributed by atoms with Crippen molar-refractivity contribution >= 4 is 23.4 Å². The number of carbonyl (C=O) groups is 4. The van der Waals surface area contributed by atoms with E-state index in [-0.39, 0.29) is 17.7 Å². The number of nitrogens with one attached hydrogen (secondary N) is 1. The van der Waals surface area contributed by atoms with Gasteiger partial charge in [0.1, 0.15) is 16.8 Å². The maximum atomic E-state index is 14.5. The summed E-state index contributed by atoms with van der Waals surface area (Å²) < 4.78 is 5.57. The molecule has 0 radical (unpaired) electrons. The molecule has 206 valence electrons. The normalized spacial score (nSPS) is 15.5. The summed E-state index contributed by atoms with van der Waals surface area (Å²) in [5.74, 6) is -5.42. The molecule has 0 bridgehead atoms. The van der Waals surface area contributed by atoms with Crippen LogP contribution in [-0.4, -0.2) is 53.3 Å². The van der Waals surface area contributed by atoms with E-state index in [1.807, 2.05) is 0 Å². The van der Waals surface area contributed by atoms with Crippen molar-refractivity contribution in [1.82, 2.24) is 5.32 Å². The molecule has 0 aliphatic rings. The van der Waals surface area contributed by atoms with E-state index in [0.29, 0.717) is 16.7 Å². The SMILES string of the molecule is CNC(=O)C(C(=O)OC(C)(C)C)C(C(=O)[C@H](N)Cc1c(C)cc(O)cc1C)(C(=O)[C@@H](C)N)c1ccccc1. The monoisotopic (exact) mass is 525 g/mol. The number of hydrogen-bond acceptors (Lipinski definition) is 8. The number of aromatic hydroxyl groups is 1. The number of carbonyl (C=O) groups excluding carboxylic acids is 4. The van der Waals surface area contributed by atoms with E-state index in [0.717, 1.165) is 0 Å². The molecular weight excluding hydrogens is 486 g/mol. The molecule has 38 heavy (non-hydrogen) atoms. The van der Waals surface area contributed by atoms with Gasteiger partial charge in [0.2, 0.25) is 5.91 Å². The van der Waals surface area contributed by atoms with Crippen LogP contribution in [0.5, 0.6) is 5.75 Å². The number of benzene rings is 2. The smallest absolute Gasteiger partial charge is 0.320 e. The zero-order valence-electron chi connectivity index (χ0n) is 23.1. The van der Waals surface area contributed by atoms with Gasteiger partial charge in [-0.15, -0.1) is 0 Å². The first-order chi connectivity index (χ1) is 17.6. The summed E-state index contributed by atoms with van der Waals surface area (Å²) in [6.45, 7) is 9.78. The number of aryl methyl sites for hydroxylation is 2. The van der Waals surface area contributed by atoms with E-state index in [9.17, 15) is 24.3 Å². The molecule has 9 heteroatoms. The molecular formula is C29H39N3O6. The zero-order valence-corrected chi connectivity index (χ0v) is 23.1. The Balaban J connectivity index is 2.88. The molecule has 0 spiro atoms. The lowest BCUT2D eigenvalue weighted by molar-refractivity contribution is -0.170. The Hall–Kier alpha value is -3.56. The second kappa shape index (κ2) is 11.9. The van der Waals surface area contributed by atoms with Gasteiger partial charge in [0.25, 0.3) is 0 Å². The van der Waals surface area contributed by atoms with Gasteiger partial charge in [-0.05, 0) is 82.3 Å². The topological polar surface area (TPSA) is 162 Å². The van der Waals surface area contributed by atoms with Crippen LogP contribution in [0, 0.1) is 19.8 Å². The maximum absolute atomic E-state index is 14.5. The van der Waals surface area contributed by atoms with E-state index in [1.165, 1.54) is 26.1 Å². The number of ether oxygens (including phenoxy) is 1. The quantitative estimate of drug-likeness (QED) is 0.270. The third-order valence-electron chi connectivity index (χ3n) is 6.45. The molecule has 0 saturated carbocycles. The molecule has 2 aromatic carbocycles. The molecule has 0 heterocycles. The highest BCUT2D eigenvalue weighted by molar-refractivity contribution is 6.23. The predicted octanol–water partition coefficient (Wildman–Crippen LogP) is 2.01. The van der Waals surface area contributed by atoms with E-state index in [1.54, 1.807) is 65.0 Å². The first-order valence-electron chi connectivity index (χ1n) is 12.5.